The first-order chi connectivity index (χ1) is 13.1. The fourth-order valence-corrected chi connectivity index (χ4v) is 4.73. The van der Waals surface area contributed by atoms with Gasteiger partial charge in [-0.05, 0) is 30.3 Å². The van der Waals surface area contributed by atoms with Gasteiger partial charge in [0.15, 0.2) is 0 Å². The Morgan fingerprint density at radius 2 is 0.929 bits per heavy atom. The standard InChI is InChI=1S/C24H28N2S2/c1-23(2,3)27-19-11-7-17(8-12-19)21-15-22(26-16-25-21)18-9-13-20(14-10-18)28-24(4,5)6/h7-16H,1-6H3. The molecule has 0 amide bonds. The van der Waals surface area contributed by atoms with E-state index in [2.05, 4.69) is 106 Å². The van der Waals surface area contributed by atoms with Crippen LogP contribution in [0.4, 0.5) is 0 Å². The molecule has 0 saturated heterocycles. The van der Waals surface area contributed by atoms with E-state index >= 15 is 0 Å². The fraction of sp³-hybridized carbons (Fsp3) is 0.333. The average Bonchev–Trinajstić information content (AvgIpc) is 2.60. The van der Waals surface area contributed by atoms with Crippen LogP contribution in [0.5, 0.6) is 0 Å². The molecule has 0 aliphatic heterocycles. The average molecular weight is 409 g/mol. The number of benzene rings is 2. The van der Waals surface area contributed by atoms with Crippen LogP contribution in [0.1, 0.15) is 41.5 Å². The SMILES string of the molecule is CC(C)(C)Sc1ccc(-c2cc(-c3ccc(SC(C)(C)C)cc3)ncn2)cc1. The van der Waals surface area contributed by atoms with Gasteiger partial charge in [0.2, 0.25) is 0 Å². The van der Waals surface area contributed by atoms with Crippen LogP contribution in [0.2, 0.25) is 0 Å². The maximum absolute atomic E-state index is 4.48. The number of hydrogen-bond acceptors (Lipinski definition) is 4. The van der Waals surface area contributed by atoms with Crippen LogP contribution < -0.4 is 0 Å². The molecular weight excluding hydrogens is 380 g/mol. The highest BCUT2D eigenvalue weighted by molar-refractivity contribution is 8.00. The van der Waals surface area contributed by atoms with Crippen LogP contribution in [0, 0.1) is 0 Å². The molecule has 0 saturated carbocycles. The summed E-state index contributed by atoms with van der Waals surface area (Å²) in [5.41, 5.74) is 4.12. The molecule has 0 bridgehead atoms. The van der Waals surface area contributed by atoms with Crippen molar-refractivity contribution >= 4 is 23.5 Å². The monoisotopic (exact) mass is 408 g/mol. The Labute approximate surface area is 177 Å². The summed E-state index contributed by atoms with van der Waals surface area (Å²) in [6, 6.07) is 19.3. The molecule has 3 aromatic rings. The Hall–Kier alpha value is -1.78. The molecule has 1 aromatic heterocycles. The van der Waals surface area contributed by atoms with Crippen molar-refractivity contribution in [1.29, 1.82) is 0 Å². The molecule has 4 heteroatoms. The van der Waals surface area contributed by atoms with E-state index in [0.717, 1.165) is 22.5 Å². The lowest BCUT2D eigenvalue weighted by atomic mass is 10.1. The third kappa shape index (κ3) is 6.11. The Kier molecular flexibility index (Phi) is 6.21. The zero-order valence-corrected chi connectivity index (χ0v) is 19.1. The van der Waals surface area contributed by atoms with E-state index in [1.165, 1.54) is 9.79 Å². The number of rotatable bonds is 4. The van der Waals surface area contributed by atoms with Gasteiger partial charge in [-0.1, -0.05) is 65.8 Å². The molecule has 1 heterocycles. The number of hydrogen-bond donors (Lipinski definition) is 0. The van der Waals surface area contributed by atoms with Crippen molar-refractivity contribution in [2.24, 2.45) is 0 Å². The molecule has 146 valence electrons. The summed E-state index contributed by atoms with van der Waals surface area (Å²) >= 11 is 3.75. The molecule has 28 heavy (non-hydrogen) atoms. The summed E-state index contributed by atoms with van der Waals surface area (Å²) in [6.45, 7) is 13.4. The van der Waals surface area contributed by atoms with Crippen LogP contribution in [0.3, 0.4) is 0 Å². The Morgan fingerprint density at radius 1 is 0.571 bits per heavy atom. The van der Waals surface area contributed by atoms with Crippen LogP contribution in [-0.2, 0) is 0 Å². The highest BCUT2D eigenvalue weighted by atomic mass is 32.2. The van der Waals surface area contributed by atoms with E-state index in [9.17, 15) is 0 Å². The molecule has 0 radical (unpaired) electrons. The van der Waals surface area contributed by atoms with E-state index in [1.807, 2.05) is 23.5 Å². The fourth-order valence-electron chi connectivity index (χ4n) is 2.77. The molecule has 0 unspecified atom stereocenters. The molecule has 2 nitrogen and oxygen atoms in total. The number of aromatic nitrogens is 2. The van der Waals surface area contributed by atoms with E-state index < -0.39 is 0 Å². The third-order valence-corrected chi connectivity index (χ3v) is 6.06. The summed E-state index contributed by atoms with van der Waals surface area (Å²) in [6.07, 6.45) is 1.65. The minimum Gasteiger partial charge on any atom is -0.236 e. The van der Waals surface area contributed by atoms with Gasteiger partial charge in [-0.25, -0.2) is 9.97 Å². The van der Waals surface area contributed by atoms with Crippen molar-refractivity contribution in [3.63, 3.8) is 0 Å². The van der Waals surface area contributed by atoms with Crippen molar-refractivity contribution in [1.82, 2.24) is 9.97 Å². The number of thioether (sulfide) groups is 2. The molecule has 2 aromatic carbocycles. The van der Waals surface area contributed by atoms with Crippen molar-refractivity contribution in [3.8, 4) is 22.5 Å². The number of nitrogens with zero attached hydrogens (tertiary/aromatic N) is 2. The van der Waals surface area contributed by atoms with Crippen molar-refractivity contribution in [2.45, 2.75) is 60.8 Å². The van der Waals surface area contributed by atoms with Crippen LogP contribution in [-0.4, -0.2) is 19.5 Å². The van der Waals surface area contributed by atoms with E-state index in [-0.39, 0.29) is 9.49 Å². The van der Waals surface area contributed by atoms with Gasteiger partial charge in [0.25, 0.3) is 0 Å². The van der Waals surface area contributed by atoms with E-state index in [0.29, 0.717) is 0 Å². The molecule has 0 fully saturated rings. The molecule has 0 aliphatic rings. The Morgan fingerprint density at radius 3 is 1.25 bits per heavy atom. The summed E-state index contributed by atoms with van der Waals surface area (Å²) < 4.78 is 0.419. The zero-order valence-electron chi connectivity index (χ0n) is 17.5. The van der Waals surface area contributed by atoms with Crippen molar-refractivity contribution in [2.75, 3.05) is 0 Å². The van der Waals surface area contributed by atoms with Crippen molar-refractivity contribution < 1.29 is 0 Å². The summed E-state index contributed by atoms with van der Waals surface area (Å²) in [5, 5.41) is 0. The lowest BCUT2D eigenvalue weighted by Crippen LogP contribution is -2.06. The van der Waals surface area contributed by atoms with Crippen LogP contribution >= 0.6 is 23.5 Å². The lowest BCUT2D eigenvalue weighted by molar-refractivity contribution is 0.802. The second-order valence-electron chi connectivity index (χ2n) is 8.77. The Bertz CT molecular complexity index is 844. The summed E-state index contributed by atoms with van der Waals surface area (Å²) in [4.78, 5) is 11.5. The van der Waals surface area contributed by atoms with E-state index in [1.54, 1.807) is 6.33 Å². The molecular formula is C24H28N2S2. The highest BCUT2D eigenvalue weighted by Gasteiger charge is 2.13. The van der Waals surface area contributed by atoms with Gasteiger partial charge >= 0.3 is 0 Å². The Balaban J connectivity index is 1.80. The molecule has 0 N–H and O–H groups in total. The molecule has 0 spiro atoms. The summed E-state index contributed by atoms with van der Waals surface area (Å²) in [5.74, 6) is 0. The quantitative estimate of drug-likeness (QED) is 0.415. The first kappa shape index (κ1) is 20.9. The lowest BCUT2D eigenvalue weighted by Gasteiger charge is -2.17. The van der Waals surface area contributed by atoms with Crippen molar-refractivity contribution in [3.05, 3.63) is 60.9 Å². The largest absolute Gasteiger partial charge is 0.236 e. The summed E-state index contributed by atoms with van der Waals surface area (Å²) in [7, 11) is 0. The normalized spacial score (nSPS) is 12.2. The maximum Gasteiger partial charge on any atom is 0.116 e. The predicted octanol–water partition coefficient (Wildman–Crippen LogP) is 7.59. The van der Waals surface area contributed by atoms with Crippen LogP contribution in [0.25, 0.3) is 22.5 Å². The molecule has 0 aliphatic carbocycles. The third-order valence-electron chi connectivity index (χ3n) is 3.82. The van der Waals surface area contributed by atoms with Gasteiger partial charge in [0.05, 0.1) is 11.4 Å². The van der Waals surface area contributed by atoms with Gasteiger partial charge < -0.3 is 0 Å². The van der Waals surface area contributed by atoms with Gasteiger partial charge in [0.1, 0.15) is 6.33 Å². The maximum atomic E-state index is 4.48. The predicted molar refractivity (Wildman–Crippen MR) is 124 cm³/mol. The molecule has 3 rings (SSSR count). The topological polar surface area (TPSA) is 25.8 Å². The molecule has 0 atom stereocenters. The minimum absolute atomic E-state index is 0.209. The van der Waals surface area contributed by atoms with Gasteiger partial charge in [-0.2, -0.15) is 0 Å². The second-order valence-corrected chi connectivity index (χ2v) is 12.6. The van der Waals surface area contributed by atoms with Gasteiger partial charge in [-0.15, -0.1) is 23.5 Å². The smallest absolute Gasteiger partial charge is 0.116 e. The first-order valence-corrected chi connectivity index (χ1v) is 11.1. The zero-order chi connectivity index (χ0) is 20.4. The second kappa shape index (κ2) is 8.30. The highest BCUT2D eigenvalue weighted by Crippen LogP contribution is 2.34. The minimum atomic E-state index is 0.209. The first-order valence-electron chi connectivity index (χ1n) is 9.50. The van der Waals surface area contributed by atoms with Crippen LogP contribution in [0.15, 0.2) is 70.7 Å². The van der Waals surface area contributed by atoms with Gasteiger partial charge in [-0.3, -0.25) is 0 Å². The van der Waals surface area contributed by atoms with E-state index in [4.69, 9.17) is 0 Å². The van der Waals surface area contributed by atoms with Gasteiger partial charge in [0, 0.05) is 30.4 Å².